The van der Waals surface area contributed by atoms with Gasteiger partial charge in [0.15, 0.2) is 0 Å². The molecule has 0 aliphatic carbocycles. The molecule has 0 N–H and O–H groups in total. The van der Waals surface area contributed by atoms with E-state index in [1.54, 1.807) is 6.07 Å². The van der Waals surface area contributed by atoms with Gasteiger partial charge in [0.2, 0.25) is 0 Å². The van der Waals surface area contributed by atoms with Crippen molar-refractivity contribution in [3.8, 4) is 0 Å². The maximum atomic E-state index is 10.7. The van der Waals surface area contributed by atoms with E-state index in [1.807, 2.05) is 19.9 Å². The molecule has 5 heteroatoms. The number of halogens is 1. The number of ether oxygens (including phenoxy) is 1. The van der Waals surface area contributed by atoms with E-state index >= 15 is 0 Å². The first-order chi connectivity index (χ1) is 7.56. The Balaban J connectivity index is 2.81. The molecule has 0 saturated heterocycles. The largest absolute Gasteiger partial charge is 0.374 e. The zero-order valence-electron chi connectivity index (χ0n) is 9.27. The Morgan fingerprint density at radius 2 is 2.25 bits per heavy atom. The van der Waals surface area contributed by atoms with Crippen molar-refractivity contribution in [2.75, 3.05) is 0 Å². The van der Waals surface area contributed by atoms with Crippen molar-refractivity contribution in [3.05, 3.63) is 38.3 Å². The summed E-state index contributed by atoms with van der Waals surface area (Å²) in [4.78, 5) is 10.3. The molecule has 1 aromatic rings. The standard InChI is InChI=1S/C11H14BrNO3/c1-3-8(2)16-7-9-5-4-6-10(11(9)12)13(14)15/h4-6,8H,3,7H2,1-2H3. The third-order valence-corrected chi connectivity index (χ3v) is 3.27. The van der Waals surface area contributed by atoms with Gasteiger partial charge in [0.1, 0.15) is 4.47 Å². The fourth-order valence-electron chi connectivity index (χ4n) is 1.17. The van der Waals surface area contributed by atoms with Crippen LogP contribution in [0.5, 0.6) is 0 Å². The fourth-order valence-corrected chi connectivity index (χ4v) is 1.69. The second kappa shape index (κ2) is 5.96. The van der Waals surface area contributed by atoms with Gasteiger partial charge in [0, 0.05) is 6.07 Å². The molecule has 0 fully saturated rings. The highest BCUT2D eigenvalue weighted by molar-refractivity contribution is 9.10. The molecule has 0 aliphatic heterocycles. The first-order valence-corrected chi connectivity index (χ1v) is 5.89. The summed E-state index contributed by atoms with van der Waals surface area (Å²) in [6.07, 6.45) is 1.08. The number of benzene rings is 1. The number of nitro groups is 1. The molecule has 0 heterocycles. The highest BCUT2D eigenvalue weighted by atomic mass is 79.9. The normalized spacial score (nSPS) is 12.4. The van der Waals surface area contributed by atoms with Crippen molar-refractivity contribution in [2.24, 2.45) is 0 Å². The second-order valence-corrected chi connectivity index (χ2v) is 4.33. The topological polar surface area (TPSA) is 52.4 Å². The second-order valence-electron chi connectivity index (χ2n) is 3.54. The van der Waals surface area contributed by atoms with E-state index in [0.717, 1.165) is 12.0 Å². The Morgan fingerprint density at radius 1 is 1.56 bits per heavy atom. The average molecular weight is 288 g/mol. The quantitative estimate of drug-likeness (QED) is 0.613. The van der Waals surface area contributed by atoms with Crippen molar-refractivity contribution in [1.29, 1.82) is 0 Å². The van der Waals surface area contributed by atoms with Crippen LogP contribution < -0.4 is 0 Å². The molecule has 0 aromatic heterocycles. The van der Waals surface area contributed by atoms with Crippen LogP contribution in [-0.4, -0.2) is 11.0 Å². The summed E-state index contributed by atoms with van der Waals surface area (Å²) in [6, 6.07) is 4.95. The molecule has 1 atom stereocenters. The lowest BCUT2D eigenvalue weighted by molar-refractivity contribution is -0.385. The number of nitro benzene ring substituents is 1. The molecule has 1 rings (SSSR count). The smallest absolute Gasteiger partial charge is 0.283 e. The average Bonchev–Trinajstić information content (AvgIpc) is 2.26. The summed E-state index contributed by atoms with van der Waals surface area (Å²) >= 11 is 3.23. The van der Waals surface area contributed by atoms with Gasteiger partial charge in [-0.3, -0.25) is 10.1 Å². The highest BCUT2D eigenvalue weighted by Gasteiger charge is 2.15. The Hall–Kier alpha value is -0.940. The number of hydrogen-bond acceptors (Lipinski definition) is 3. The van der Waals surface area contributed by atoms with Gasteiger partial charge in [-0.05, 0) is 34.8 Å². The molecule has 1 unspecified atom stereocenters. The van der Waals surface area contributed by atoms with E-state index in [2.05, 4.69) is 15.9 Å². The summed E-state index contributed by atoms with van der Waals surface area (Å²) in [5.41, 5.74) is 0.875. The van der Waals surface area contributed by atoms with Crippen LogP contribution in [0.2, 0.25) is 0 Å². The summed E-state index contributed by atoms with van der Waals surface area (Å²) in [7, 11) is 0. The molecule has 88 valence electrons. The third kappa shape index (κ3) is 3.28. The summed E-state index contributed by atoms with van der Waals surface area (Å²) in [6.45, 7) is 4.40. The molecular weight excluding hydrogens is 274 g/mol. The van der Waals surface area contributed by atoms with Gasteiger partial charge in [0.05, 0.1) is 17.6 Å². The minimum absolute atomic E-state index is 0.0743. The lowest BCUT2D eigenvalue weighted by Crippen LogP contribution is -2.06. The third-order valence-electron chi connectivity index (χ3n) is 2.35. The Kier molecular flexibility index (Phi) is 4.89. The van der Waals surface area contributed by atoms with Crippen molar-refractivity contribution in [3.63, 3.8) is 0 Å². The van der Waals surface area contributed by atoms with Crippen LogP contribution in [0.4, 0.5) is 5.69 Å². The zero-order valence-corrected chi connectivity index (χ0v) is 10.9. The maximum absolute atomic E-state index is 10.7. The molecular formula is C11H14BrNO3. The van der Waals surface area contributed by atoms with Crippen LogP contribution in [0.3, 0.4) is 0 Å². The van der Waals surface area contributed by atoms with Gasteiger partial charge >= 0.3 is 0 Å². The molecule has 4 nitrogen and oxygen atoms in total. The van der Waals surface area contributed by atoms with Crippen LogP contribution in [0, 0.1) is 10.1 Å². The van der Waals surface area contributed by atoms with Crippen molar-refractivity contribution < 1.29 is 9.66 Å². The molecule has 0 radical (unpaired) electrons. The molecule has 0 spiro atoms. The predicted octanol–water partition coefficient (Wildman–Crippen LogP) is 3.67. The summed E-state index contributed by atoms with van der Waals surface area (Å²) < 4.78 is 6.04. The van der Waals surface area contributed by atoms with Gasteiger partial charge in [-0.1, -0.05) is 19.1 Å². The first kappa shape index (κ1) is 13.1. The Morgan fingerprint density at radius 3 is 2.81 bits per heavy atom. The number of rotatable bonds is 5. The van der Waals surface area contributed by atoms with Crippen molar-refractivity contribution in [1.82, 2.24) is 0 Å². The summed E-state index contributed by atoms with van der Waals surface area (Å²) in [5, 5.41) is 10.7. The lowest BCUT2D eigenvalue weighted by Gasteiger charge is -2.11. The molecule has 1 aromatic carbocycles. The van der Waals surface area contributed by atoms with Gasteiger partial charge in [-0.15, -0.1) is 0 Å². The fraction of sp³-hybridized carbons (Fsp3) is 0.455. The van der Waals surface area contributed by atoms with E-state index < -0.39 is 4.92 Å². The minimum atomic E-state index is -0.406. The van der Waals surface area contributed by atoms with Gasteiger partial charge in [0.25, 0.3) is 5.69 Å². The lowest BCUT2D eigenvalue weighted by atomic mass is 10.2. The van der Waals surface area contributed by atoms with E-state index in [-0.39, 0.29) is 11.8 Å². The highest BCUT2D eigenvalue weighted by Crippen LogP contribution is 2.28. The van der Waals surface area contributed by atoms with Crippen LogP contribution >= 0.6 is 15.9 Å². The van der Waals surface area contributed by atoms with Crippen LogP contribution in [0.25, 0.3) is 0 Å². The Labute approximate surface area is 103 Å². The van der Waals surface area contributed by atoms with Crippen LogP contribution in [-0.2, 0) is 11.3 Å². The maximum Gasteiger partial charge on any atom is 0.283 e. The Bertz CT molecular complexity index is 381. The van der Waals surface area contributed by atoms with Gasteiger partial charge in [-0.25, -0.2) is 0 Å². The van der Waals surface area contributed by atoms with E-state index in [0.29, 0.717) is 11.1 Å². The molecule has 0 saturated carbocycles. The SMILES string of the molecule is CCC(C)OCc1cccc([N+](=O)[O-])c1Br. The first-order valence-electron chi connectivity index (χ1n) is 5.09. The number of hydrogen-bond donors (Lipinski definition) is 0. The molecule has 0 amide bonds. The van der Waals surface area contributed by atoms with Crippen molar-refractivity contribution >= 4 is 21.6 Å². The zero-order chi connectivity index (χ0) is 12.1. The molecule has 16 heavy (non-hydrogen) atoms. The monoisotopic (exact) mass is 287 g/mol. The molecule has 0 bridgehead atoms. The van der Waals surface area contributed by atoms with Crippen LogP contribution in [0.1, 0.15) is 25.8 Å². The number of nitrogens with zero attached hydrogens (tertiary/aromatic N) is 1. The van der Waals surface area contributed by atoms with Crippen molar-refractivity contribution in [2.45, 2.75) is 33.0 Å². The van der Waals surface area contributed by atoms with Gasteiger partial charge in [-0.2, -0.15) is 0 Å². The van der Waals surface area contributed by atoms with E-state index in [1.165, 1.54) is 6.07 Å². The summed E-state index contributed by atoms with van der Waals surface area (Å²) in [5.74, 6) is 0. The van der Waals surface area contributed by atoms with Gasteiger partial charge < -0.3 is 4.74 Å². The predicted molar refractivity (Wildman–Crippen MR) is 65.3 cm³/mol. The van der Waals surface area contributed by atoms with E-state index in [4.69, 9.17) is 4.74 Å². The minimum Gasteiger partial charge on any atom is -0.374 e. The van der Waals surface area contributed by atoms with E-state index in [9.17, 15) is 10.1 Å². The molecule has 0 aliphatic rings. The van der Waals surface area contributed by atoms with Crippen LogP contribution in [0.15, 0.2) is 22.7 Å².